The van der Waals surface area contributed by atoms with E-state index in [4.69, 9.17) is 9.47 Å². The predicted molar refractivity (Wildman–Crippen MR) is 91.5 cm³/mol. The van der Waals surface area contributed by atoms with Crippen LogP contribution in [0.25, 0.3) is 6.08 Å². The minimum atomic E-state index is -0.536. The van der Waals surface area contributed by atoms with E-state index in [1.165, 1.54) is 19.2 Å². The van der Waals surface area contributed by atoms with Gasteiger partial charge in [0.25, 0.3) is 5.91 Å². The monoisotopic (exact) mass is 343 g/mol. The summed E-state index contributed by atoms with van der Waals surface area (Å²) in [5.74, 6) is -0.632. The molecule has 6 heteroatoms. The van der Waals surface area contributed by atoms with Crippen molar-refractivity contribution in [1.29, 1.82) is 0 Å². The van der Waals surface area contributed by atoms with Crippen LogP contribution in [0.4, 0.5) is 0 Å². The number of carbonyl (C=O) groups excluding carboxylic acids is 2. The molecule has 1 amide bonds. The van der Waals surface area contributed by atoms with Crippen LogP contribution in [0.3, 0.4) is 0 Å². The first kappa shape index (κ1) is 17.2. The minimum absolute atomic E-state index is 0.00850. The Morgan fingerprint density at radius 1 is 1.40 bits per heavy atom. The van der Waals surface area contributed by atoms with Gasteiger partial charge in [-0.15, -0.1) is 0 Å². The fraction of sp³-hybridized carbons (Fsp3) is 0.368. The van der Waals surface area contributed by atoms with Gasteiger partial charge in [0.2, 0.25) is 0 Å². The molecule has 0 aromatic heterocycles. The van der Waals surface area contributed by atoms with E-state index >= 15 is 0 Å². The number of carbonyl (C=O) groups is 2. The number of methoxy groups -OCH3 is 1. The number of aromatic hydroxyl groups is 1. The molecule has 0 unspecified atom stereocenters. The van der Waals surface area contributed by atoms with Crippen molar-refractivity contribution in [2.75, 3.05) is 20.3 Å². The van der Waals surface area contributed by atoms with Gasteiger partial charge in [-0.3, -0.25) is 4.79 Å². The lowest BCUT2D eigenvalue weighted by Crippen LogP contribution is -2.33. The van der Waals surface area contributed by atoms with E-state index in [9.17, 15) is 14.7 Å². The number of ether oxygens (including phenoxy) is 2. The van der Waals surface area contributed by atoms with E-state index < -0.39 is 5.97 Å². The maximum absolute atomic E-state index is 12.9. The van der Waals surface area contributed by atoms with Crippen LogP contribution in [0.15, 0.2) is 41.1 Å². The van der Waals surface area contributed by atoms with Crippen LogP contribution in [-0.2, 0) is 19.1 Å². The molecular weight excluding hydrogens is 322 g/mol. The number of allylic oxidation sites excluding steroid dienone is 1. The molecule has 1 saturated heterocycles. The Balaban J connectivity index is 1.96. The van der Waals surface area contributed by atoms with E-state index in [1.807, 2.05) is 0 Å². The Kier molecular flexibility index (Phi) is 4.90. The average Bonchev–Trinajstić information content (AvgIpc) is 3.19. The minimum Gasteiger partial charge on any atom is -0.508 e. The van der Waals surface area contributed by atoms with Crippen LogP contribution in [0.1, 0.15) is 25.3 Å². The molecule has 0 spiro atoms. The third kappa shape index (κ3) is 3.44. The zero-order valence-corrected chi connectivity index (χ0v) is 14.3. The van der Waals surface area contributed by atoms with Gasteiger partial charge in [-0.25, -0.2) is 4.79 Å². The van der Waals surface area contributed by atoms with Crippen molar-refractivity contribution in [2.45, 2.75) is 25.9 Å². The van der Waals surface area contributed by atoms with Crippen molar-refractivity contribution < 1.29 is 24.2 Å². The van der Waals surface area contributed by atoms with Crippen LogP contribution in [0, 0.1) is 0 Å². The summed E-state index contributed by atoms with van der Waals surface area (Å²) in [6, 6.07) is 6.43. The number of amides is 1. The van der Waals surface area contributed by atoms with Crippen molar-refractivity contribution >= 4 is 18.0 Å². The maximum atomic E-state index is 12.9. The van der Waals surface area contributed by atoms with Gasteiger partial charge in [0, 0.05) is 12.3 Å². The molecule has 1 fully saturated rings. The summed E-state index contributed by atoms with van der Waals surface area (Å²) >= 11 is 0. The Bertz CT molecular complexity index is 742. The standard InChI is InChI=1S/C19H21NO5/c1-12-17(19(23)24-2)16(10-13-5-7-14(21)8-6-13)18(22)20(12)11-15-4-3-9-25-15/h5-8,10,15,21H,3-4,9,11H2,1-2H3/b16-10-/t15-/m0/s1. The van der Waals surface area contributed by atoms with E-state index in [1.54, 1.807) is 30.0 Å². The molecule has 1 aromatic rings. The lowest BCUT2D eigenvalue weighted by molar-refractivity contribution is -0.136. The number of hydrogen-bond donors (Lipinski definition) is 1. The number of phenols is 1. The lowest BCUT2D eigenvalue weighted by atomic mass is 10.0. The van der Waals surface area contributed by atoms with Gasteiger partial charge in [0.05, 0.1) is 30.9 Å². The highest BCUT2D eigenvalue weighted by Crippen LogP contribution is 2.32. The highest BCUT2D eigenvalue weighted by molar-refractivity contribution is 6.16. The first-order valence-corrected chi connectivity index (χ1v) is 8.25. The molecule has 6 nitrogen and oxygen atoms in total. The molecule has 0 bridgehead atoms. The SMILES string of the molecule is COC(=O)C1=C(C)N(C[C@@H]2CCCO2)C(=O)/C1=C\c1ccc(O)cc1. The summed E-state index contributed by atoms with van der Waals surface area (Å²) in [6.07, 6.45) is 3.52. The topological polar surface area (TPSA) is 76.1 Å². The molecule has 1 atom stereocenters. The number of esters is 1. The lowest BCUT2D eigenvalue weighted by Gasteiger charge is -2.21. The smallest absolute Gasteiger partial charge is 0.340 e. The van der Waals surface area contributed by atoms with E-state index in [0.717, 1.165) is 12.8 Å². The fourth-order valence-electron chi connectivity index (χ4n) is 3.18. The maximum Gasteiger partial charge on any atom is 0.340 e. The highest BCUT2D eigenvalue weighted by atomic mass is 16.5. The third-order valence-corrected chi connectivity index (χ3v) is 4.52. The van der Waals surface area contributed by atoms with Crippen molar-refractivity contribution in [2.24, 2.45) is 0 Å². The second-order valence-electron chi connectivity index (χ2n) is 6.15. The zero-order valence-electron chi connectivity index (χ0n) is 14.3. The number of hydrogen-bond acceptors (Lipinski definition) is 5. The first-order chi connectivity index (χ1) is 12.0. The molecule has 0 radical (unpaired) electrons. The molecule has 25 heavy (non-hydrogen) atoms. The van der Waals surface area contributed by atoms with Gasteiger partial charge < -0.3 is 19.5 Å². The van der Waals surface area contributed by atoms with Gasteiger partial charge in [0.1, 0.15) is 5.75 Å². The molecule has 0 saturated carbocycles. The van der Waals surface area contributed by atoms with Crippen molar-refractivity contribution in [3.63, 3.8) is 0 Å². The molecule has 2 aliphatic rings. The van der Waals surface area contributed by atoms with Gasteiger partial charge in [-0.2, -0.15) is 0 Å². The fourth-order valence-corrected chi connectivity index (χ4v) is 3.18. The number of phenolic OH excluding ortho intramolecular Hbond substituents is 1. The summed E-state index contributed by atoms with van der Waals surface area (Å²) in [4.78, 5) is 26.7. The molecule has 2 heterocycles. The zero-order chi connectivity index (χ0) is 18.0. The van der Waals surface area contributed by atoms with Crippen LogP contribution in [0.2, 0.25) is 0 Å². The first-order valence-electron chi connectivity index (χ1n) is 8.25. The van der Waals surface area contributed by atoms with Crippen LogP contribution in [-0.4, -0.2) is 48.2 Å². The molecular formula is C19H21NO5. The molecule has 0 aliphatic carbocycles. The van der Waals surface area contributed by atoms with Crippen molar-refractivity contribution in [3.8, 4) is 5.75 Å². The Morgan fingerprint density at radius 3 is 2.72 bits per heavy atom. The van der Waals surface area contributed by atoms with Gasteiger partial charge in [-0.05, 0) is 43.5 Å². The molecule has 2 aliphatic heterocycles. The van der Waals surface area contributed by atoms with E-state index in [0.29, 0.717) is 30.0 Å². The van der Waals surface area contributed by atoms with Gasteiger partial charge in [-0.1, -0.05) is 12.1 Å². The van der Waals surface area contributed by atoms with Gasteiger partial charge in [0.15, 0.2) is 0 Å². The Labute approximate surface area is 146 Å². The Morgan fingerprint density at radius 2 is 2.12 bits per heavy atom. The van der Waals surface area contributed by atoms with Gasteiger partial charge >= 0.3 is 5.97 Å². The van der Waals surface area contributed by atoms with E-state index in [-0.39, 0.29) is 23.3 Å². The van der Waals surface area contributed by atoms with Crippen molar-refractivity contribution in [3.05, 3.63) is 46.7 Å². The quantitative estimate of drug-likeness (QED) is 0.670. The predicted octanol–water partition coefficient (Wildman–Crippen LogP) is 2.24. The third-order valence-electron chi connectivity index (χ3n) is 4.52. The van der Waals surface area contributed by atoms with Crippen LogP contribution in [0.5, 0.6) is 5.75 Å². The number of benzene rings is 1. The second kappa shape index (κ2) is 7.11. The second-order valence-corrected chi connectivity index (χ2v) is 6.15. The highest BCUT2D eigenvalue weighted by Gasteiger charge is 2.38. The largest absolute Gasteiger partial charge is 0.508 e. The summed E-state index contributed by atoms with van der Waals surface area (Å²) in [6.45, 7) is 2.88. The molecule has 132 valence electrons. The number of nitrogens with zero attached hydrogens (tertiary/aromatic N) is 1. The average molecular weight is 343 g/mol. The van der Waals surface area contributed by atoms with E-state index in [2.05, 4.69) is 0 Å². The summed E-state index contributed by atoms with van der Waals surface area (Å²) in [7, 11) is 1.30. The normalized spacial score (nSPS) is 22.2. The van der Waals surface area contributed by atoms with Crippen LogP contribution < -0.4 is 0 Å². The molecule has 1 aromatic carbocycles. The number of rotatable bonds is 4. The van der Waals surface area contributed by atoms with Crippen molar-refractivity contribution in [1.82, 2.24) is 4.90 Å². The molecule has 3 rings (SSSR count). The summed E-state index contributed by atoms with van der Waals surface area (Å²) < 4.78 is 10.5. The molecule has 1 N–H and O–H groups in total. The summed E-state index contributed by atoms with van der Waals surface area (Å²) in [5, 5.41) is 9.40. The summed E-state index contributed by atoms with van der Waals surface area (Å²) in [5.41, 5.74) is 1.87. The van der Waals surface area contributed by atoms with Crippen LogP contribution >= 0.6 is 0 Å². The Hall–Kier alpha value is -2.60.